The van der Waals surface area contributed by atoms with E-state index in [2.05, 4.69) is 15.3 Å². The molecule has 0 saturated carbocycles. The van der Waals surface area contributed by atoms with Crippen molar-refractivity contribution in [2.45, 2.75) is 13.0 Å². The maximum atomic E-state index is 12.1. The molecule has 1 aliphatic rings. The zero-order chi connectivity index (χ0) is 12.7. The third-order valence-corrected chi connectivity index (χ3v) is 2.87. The zero-order valence-corrected chi connectivity index (χ0v) is 9.65. The molecular weight excluding hydrogens is 238 g/mol. The van der Waals surface area contributed by atoms with Crippen LogP contribution >= 0.6 is 0 Å². The zero-order valence-electron chi connectivity index (χ0n) is 9.65. The van der Waals surface area contributed by atoms with Gasteiger partial charge >= 0.3 is 0 Å². The second-order valence-electron chi connectivity index (χ2n) is 4.15. The lowest BCUT2D eigenvalue weighted by atomic mass is 10.1. The number of amides is 1. The fraction of sp³-hybridized carbons (Fsp3) is 0.364. The molecule has 2 aromatic rings. The monoisotopic (exact) mass is 249 g/mol. The third-order valence-electron chi connectivity index (χ3n) is 2.87. The molecule has 0 aromatic carbocycles. The minimum atomic E-state index is -0.383. The molecule has 1 amide bonds. The van der Waals surface area contributed by atoms with E-state index in [4.69, 9.17) is 9.15 Å². The molecule has 94 valence electrons. The van der Waals surface area contributed by atoms with Gasteiger partial charge in [-0.15, -0.1) is 0 Å². The van der Waals surface area contributed by atoms with E-state index in [1.807, 2.05) is 0 Å². The van der Waals surface area contributed by atoms with Crippen LogP contribution in [0.5, 0.6) is 0 Å². The van der Waals surface area contributed by atoms with Crippen molar-refractivity contribution in [1.29, 1.82) is 0 Å². The Morgan fingerprint density at radius 3 is 3.00 bits per heavy atom. The number of aryl methyl sites for hydroxylation is 1. The minimum absolute atomic E-state index is 0.00222. The molecule has 0 unspecified atom stereocenters. The number of fused-ring (bicyclic) bond motifs is 1. The van der Waals surface area contributed by atoms with E-state index in [0.29, 0.717) is 19.0 Å². The highest BCUT2D eigenvalue weighted by atomic mass is 16.5. The Bertz CT molecular complexity index is 668. The number of ether oxygens (including phenoxy) is 1. The van der Waals surface area contributed by atoms with E-state index in [0.717, 1.165) is 0 Å². The molecule has 7 heteroatoms. The predicted octanol–water partition coefficient (Wildman–Crippen LogP) is -0.0469. The fourth-order valence-corrected chi connectivity index (χ4v) is 1.90. The first-order chi connectivity index (χ1) is 8.66. The van der Waals surface area contributed by atoms with Gasteiger partial charge in [-0.3, -0.25) is 9.59 Å². The van der Waals surface area contributed by atoms with Gasteiger partial charge in [-0.2, -0.15) is 0 Å². The molecule has 3 rings (SSSR count). The predicted molar refractivity (Wildman–Crippen MR) is 61.4 cm³/mol. The van der Waals surface area contributed by atoms with Crippen LogP contribution in [0.25, 0.3) is 11.1 Å². The molecule has 18 heavy (non-hydrogen) atoms. The van der Waals surface area contributed by atoms with Gasteiger partial charge in [0.1, 0.15) is 11.1 Å². The van der Waals surface area contributed by atoms with E-state index in [9.17, 15) is 9.59 Å². The molecule has 3 heterocycles. The Morgan fingerprint density at radius 2 is 2.33 bits per heavy atom. The van der Waals surface area contributed by atoms with Crippen molar-refractivity contribution in [3.63, 3.8) is 0 Å². The molecule has 1 fully saturated rings. The Balaban J connectivity index is 2.07. The van der Waals surface area contributed by atoms with Gasteiger partial charge in [-0.25, -0.2) is 4.98 Å². The largest absolute Gasteiger partial charge is 0.442 e. The van der Waals surface area contributed by atoms with E-state index < -0.39 is 0 Å². The quantitative estimate of drug-likeness (QED) is 0.777. The molecule has 0 atom stereocenters. The van der Waals surface area contributed by atoms with E-state index >= 15 is 0 Å². The summed E-state index contributed by atoms with van der Waals surface area (Å²) in [7, 11) is 0. The van der Waals surface area contributed by atoms with Crippen LogP contribution in [0.2, 0.25) is 0 Å². The average molecular weight is 249 g/mol. The van der Waals surface area contributed by atoms with Crippen molar-refractivity contribution >= 4 is 17.0 Å². The average Bonchev–Trinajstić information content (AvgIpc) is 2.61. The highest BCUT2D eigenvalue weighted by Gasteiger charge is 2.26. The Kier molecular flexibility index (Phi) is 2.41. The number of furan rings is 1. The molecule has 2 N–H and O–H groups in total. The summed E-state index contributed by atoms with van der Waals surface area (Å²) >= 11 is 0. The maximum Gasteiger partial charge on any atom is 0.262 e. The van der Waals surface area contributed by atoms with Gasteiger partial charge in [-0.05, 0) is 6.92 Å². The molecular formula is C11H11N3O4. The van der Waals surface area contributed by atoms with Crippen LogP contribution < -0.4 is 10.9 Å². The topological polar surface area (TPSA) is 97.2 Å². The van der Waals surface area contributed by atoms with Crippen molar-refractivity contribution < 1.29 is 13.9 Å². The van der Waals surface area contributed by atoms with Gasteiger partial charge in [0, 0.05) is 0 Å². The number of H-pyrrole nitrogens is 1. The molecule has 0 aliphatic carbocycles. The SMILES string of the molecule is Cc1oc2nc[nH]c(=O)c2c1C(=O)NC1COC1. The molecule has 0 spiro atoms. The fourth-order valence-electron chi connectivity index (χ4n) is 1.90. The van der Waals surface area contributed by atoms with E-state index in [1.165, 1.54) is 6.33 Å². The molecule has 0 radical (unpaired) electrons. The Labute approximate surface area is 101 Å². The summed E-state index contributed by atoms with van der Waals surface area (Å²) in [6, 6.07) is -0.00222. The number of hydrogen-bond acceptors (Lipinski definition) is 5. The van der Waals surface area contributed by atoms with Crippen LogP contribution in [0.15, 0.2) is 15.5 Å². The van der Waals surface area contributed by atoms with Crippen molar-refractivity contribution in [2.75, 3.05) is 13.2 Å². The Morgan fingerprint density at radius 1 is 1.56 bits per heavy atom. The molecule has 7 nitrogen and oxygen atoms in total. The lowest BCUT2D eigenvalue weighted by molar-refractivity contribution is -0.00346. The van der Waals surface area contributed by atoms with Gasteiger partial charge in [-0.1, -0.05) is 0 Å². The number of aromatic amines is 1. The molecule has 2 aromatic heterocycles. The summed E-state index contributed by atoms with van der Waals surface area (Å²) in [6.07, 6.45) is 1.25. The standard InChI is InChI=1S/C11H11N3O4/c1-5-7(10(16)14-6-2-17-3-6)8-9(15)12-4-13-11(8)18-5/h4,6H,2-3H2,1H3,(H,14,16)(H,12,13,15). The summed E-state index contributed by atoms with van der Waals surface area (Å²) in [6.45, 7) is 2.62. The summed E-state index contributed by atoms with van der Waals surface area (Å²) in [5.41, 5.74) is 0.0318. The number of aromatic nitrogens is 2. The summed E-state index contributed by atoms with van der Waals surface area (Å²) in [5, 5.41) is 2.96. The smallest absolute Gasteiger partial charge is 0.262 e. The van der Waals surface area contributed by atoms with Gasteiger partial charge in [0.05, 0.1) is 31.1 Å². The maximum absolute atomic E-state index is 12.1. The number of carbonyl (C=O) groups excluding carboxylic acids is 1. The highest BCUT2D eigenvalue weighted by molar-refractivity contribution is 6.06. The summed E-state index contributed by atoms with van der Waals surface area (Å²) < 4.78 is 10.3. The van der Waals surface area contributed by atoms with Gasteiger partial charge in [0.15, 0.2) is 0 Å². The normalized spacial score (nSPS) is 15.6. The minimum Gasteiger partial charge on any atom is -0.442 e. The molecule has 0 bridgehead atoms. The second-order valence-corrected chi connectivity index (χ2v) is 4.15. The lowest BCUT2D eigenvalue weighted by Gasteiger charge is -2.26. The van der Waals surface area contributed by atoms with Crippen LogP contribution in [0.4, 0.5) is 0 Å². The van der Waals surface area contributed by atoms with Crippen LogP contribution in [0.3, 0.4) is 0 Å². The first kappa shape index (κ1) is 11.0. The molecule has 1 saturated heterocycles. The number of nitrogens with one attached hydrogen (secondary N) is 2. The van der Waals surface area contributed by atoms with Crippen LogP contribution in [-0.2, 0) is 4.74 Å². The van der Waals surface area contributed by atoms with E-state index in [-0.39, 0.29) is 34.2 Å². The third kappa shape index (κ3) is 1.60. The van der Waals surface area contributed by atoms with Crippen molar-refractivity contribution in [3.8, 4) is 0 Å². The highest BCUT2D eigenvalue weighted by Crippen LogP contribution is 2.20. The number of carbonyl (C=O) groups is 1. The second kappa shape index (κ2) is 3.95. The van der Waals surface area contributed by atoms with Gasteiger partial charge < -0.3 is 19.5 Å². The van der Waals surface area contributed by atoms with Crippen LogP contribution in [0.1, 0.15) is 16.1 Å². The number of nitrogens with zero attached hydrogens (tertiary/aromatic N) is 1. The van der Waals surface area contributed by atoms with Crippen LogP contribution in [-0.4, -0.2) is 35.1 Å². The van der Waals surface area contributed by atoms with Crippen molar-refractivity contribution in [1.82, 2.24) is 15.3 Å². The number of rotatable bonds is 2. The number of hydrogen-bond donors (Lipinski definition) is 2. The molecule has 1 aliphatic heterocycles. The van der Waals surface area contributed by atoms with Crippen molar-refractivity contribution in [3.05, 3.63) is 28.0 Å². The van der Waals surface area contributed by atoms with E-state index in [1.54, 1.807) is 6.92 Å². The first-order valence-electron chi connectivity index (χ1n) is 5.52. The van der Waals surface area contributed by atoms with Gasteiger partial charge in [0.2, 0.25) is 5.71 Å². The Hall–Kier alpha value is -2.15. The summed E-state index contributed by atoms with van der Waals surface area (Å²) in [5.74, 6) is 0.0463. The van der Waals surface area contributed by atoms with Crippen molar-refractivity contribution in [2.24, 2.45) is 0 Å². The van der Waals surface area contributed by atoms with Crippen LogP contribution in [0, 0.1) is 6.92 Å². The van der Waals surface area contributed by atoms with Gasteiger partial charge in [0.25, 0.3) is 11.5 Å². The first-order valence-corrected chi connectivity index (χ1v) is 5.52. The summed E-state index contributed by atoms with van der Waals surface area (Å²) in [4.78, 5) is 30.1. The lowest BCUT2D eigenvalue weighted by Crippen LogP contribution is -2.48.